The van der Waals surface area contributed by atoms with Crippen LogP contribution < -0.4 is 10.2 Å². The Hall–Kier alpha value is -1.01. The van der Waals surface area contributed by atoms with Gasteiger partial charge in [-0.25, -0.2) is 4.98 Å². The molecule has 0 aliphatic carbocycles. The molecule has 0 bridgehead atoms. The quantitative estimate of drug-likeness (QED) is 0.931. The second-order valence-corrected chi connectivity index (χ2v) is 7.78. The Bertz CT molecular complexity index is 625. The zero-order valence-corrected chi connectivity index (χ0v) is 14.5. The fraction of sp³-hybridized carbons (Fsp3) is 0.600. The molecule has 6 heteroatoms. The van der Waals surface area contributed by atoms with E-state index < -0.39 is 0 Å². The van der Waals surface area contributed by atoms with Crippen LogP contribution in [0.3, 0.4) is 0 Å². The van der Waals surface area contributed by atoms with Crippen LogP contribution in [0.4, 0.5) is 11.8 Å². The lowest BCUT2D eigenvalue weighted by Crippen LogP contribution is -2.38. The minimum atomic E-state index is 0.714. The lowest BCUT2D eigenvalue weighted by molar-refractivity contribution is 0.722. The summed E-state index contributed by atoms with van der Waals surface area (Å²) in [7, 11) is 1.89. The maximum atomic E-state index is 4.76. The first-order valence-corrected chi connectivity index (χ1v) is 9.46. The number of aromatic nitrogens is 2. The van der Waals surface area contributed by atoms with Crippen LogP contribution in [0.25, 0.3) is 10.2 Å². The number of aryl methyl sites for hydroxylation is 1. The van der Waals surface area contributed by atoms with E-state index in [1.54, 1.807) is 11.3 Å². The van der Waals surface area contributed by atoms with Crippen molar-refractivity contribution in [2.24, 2.45) is 0 Å². The van der Waals surface area contributed by atoms with Crippen LogP contribution >= 0.6 is 23.1 Å². The number of rotatable bonds is 4. The van der Waals surface area contributed by atoms with Gasteiger partial charge in [0.25, 0.3) is 0 Å². The predicted octanol–water partition coefficient (Wildman–Crippen LogP) is 3.63. The third-order valence-electron chi connectivity index (χ3n) is 3.89. The van der Waals surface area contributed by atoms with Crippen molar-refractivity contribution in [2.75, 3.05) is 36.1 Å². The first kappa shape index (κ1) is 14.9. The molecule has 1 aliphatic rings. The van der Waals surface area contributed by atoms with Gasteiger partial charge < -0.3 is 10.2 Å². The molecule has 21 heavy (non-hydrogen) atoms. The number of thioether (sulfide) groups is 1. The van der Waals surface area contributed by atoms with Gasteiger partial charge in [-0.2, -0.15) is 16.7 Å². The Balaban J connectivity index is 2.04. The molecule has 2 aromatic heterocycles. The average molecular weight is 323 g/mol. The van der Waals surface area contributed by atoms with Crippen LogP contribution in [-0.2, 0) is 6.42 Å². The van der Waals surface area contributed by atoms with Crippen molar-refractivity contribution >= 4 is 45.1 Å². The van der Waals surface area contributed by atoms with Crippen molar-refractivity contribution in [3.05, 3.63) is 10.9 Å². The summed E-state index contributed by atoms with van der Waals surface area (Å²) in [6.45, 7) is 6.64. The lowest BCUT2D eigenvalue weighted by atomic mass is 10.2. The molecule has 1 N–H and O–H groups in total. The Morgan fingerprint density at radius 2 is 2.24 bits per heavy atom. The van der Waals surface area contributed by atoms with Crippen LogP contribution in [0.2, 0.25) is 0 Å². The lowest BCUT2D eigenvalue weighted by Gasteiger charge is -2.33. The van der Waals surface area contributed by atoms with E-state index in [-0.39, 0.29) is 0 Å². The molecule has 0 radical (unpaired) electrons. The fourth-order valence-corrected chi connectivity index (χ4v) is 4.78. The van der Waals surface area contributed by atoms with Gasteiger partial charge in [0.2, 0.25) is 5.95 Å². The zero-order valence-electron chi connectivity index (χ0n) is 12.8. The van der Waals surface area contributed by atoms with Gasteiger partial charge in [0.1, 0.15) is 10.6 Å². The number of nitrogens with one attached hydrogen (secondary N) is 1. The van der Waals surface area contributed by atoms with Gasteiger partial charge in [-0.15, -0.1) is 11.3 Å². The summed E-state index contributed by atoms with van der Waals surface area (Å²) in [5, 5.41) is 5.04. The van der Waals surface area contributed by atoms with Crippen LogP contribution in [0.1, 0.15) is 25.1 Å². The summed E-state index contributed by atoms with van der Waals surface area (Å²) in [6.07, 6.45) is 2.28. The van der Waals surface area contributed by atoms with Gasteiger partial charge in [-0.05, 0) is 18.9 Å². The van der Waals surface area contributed by atoms with Crippen LogP contribution in [0, 0.1) is 0 Å². The third kappa shape index (κ3) is 2.97. The first-order valence-electron chi connectivity index (χ1n) is 7.59. The second-order valence-electron chi connectivity index (χ2n) is 5.25. The van der Waals surface area contributed by atoms with Crippen LogP contribution in [0.5, 0.6) is 0 Å². The summed E-state index contributed by atoms with van der Waals surface area (Å²) in [6, 6.07) is 2.28. The van der Waals surface area contributed by atoms with E-state index in [0.29, 0.717) is 5.25 Å². The van der Waals surface area contributed by atoms with Gasteiger partial charge in [-0.3, -0.25) is 0 Å². The SMILES string of the molecule is CCc1cc2c(N3CCSC(CC)C3)nc(NC)nc2s1. The minimum absolute atomic E-state index is 0.714. The summed E-state index contributed by atoms with van der Waals surface area (Å²) < 4.78 is 0. The molecule has 1 atom stereocenters. The zero-order chi connectivity index (χ0) is 14.8. The van der Waals surface area contributed by atoms with Gasteiger partial charge in [0, 0.05) is 36.0 Å². The molecule has 0 aromatic carbocycles. The Kier molecular flexibility index (Phi) is 4.54. The van der Waals surface area contributed by atoms with E-state index in [9.17, 15) is 0 Å². The van der Waals surface area contributed by atoms with Gasteiger partial charge in [0.15, 0.2) is 0 Å². The Labute approximate surface area is 134 Å². The highest BCUT2D eigenvalue weighted by atomic mass is 32.2. The number of hydrogen-bond acceptors (Lipinski definition) is 6. The molecule has 1 fully saturated rings. The molecule has 3 heterocycles. The van der Waals surface area contributed by atoms with E-state index in [1.807, 2.05) is 7.05 Å². The van der Waals surface area contributed by atoms with Gasteiger partial charge in [0.05, 0.1) is 5.39 Å². The minimum Gasteiger partial charge on any atom is -0.357 e. The first-order chi connectivity index (χ1) is 10.2. The maximum absolute atomic E-state index is 4.76. The van der Waals surface area contributed by atoms with Crippen molar-refractivity contribution in [1.82, 2.24) is 9.97 Å². The third-order valence-corrected chi connectivity index (χ3v) is 6.43. The molecule has 1 unspecified atom stereocenters. The summed E-state index contributed by atoms with van der Waals surface area (Å²) >= 11 is 3.88. The largest absolute Gasteiger partial charge is 0.357 e. The summed E-state index contributed by atoms with van der Waals surface area (Å²) in [5.41, 5.74) is 0. The molecule has 0 saturated carbocycles. The Morgan fingerprint density at radius 3 is 2.95 bits per heavy atom. The van der Waals surface area contributed by atoms with E-state index in [4.69, 9.17) is 4.98 Å². The average Bonchev–Trinajstić information content (AvgIpc) is 2.96. The number of fused-ring (bicyclic) bond motifs is 1. The number of thiophene rings is 1. The molecule has 0 spiro atoms. The van der Waals surface area contributed by atoms with E-state index in [1.165, 1.54) is 22.4 Å². The molecule has 2 aromatic rings. The smallest absolute Gasteiger partial charge is 0.225 e. The van der Waals surface area contributed by atoms with Crippen molar-refractivity contribution in [3.63, 3.8) is 0 Å². The molecule has 4 nitrogen and oxygen atoms in total. The van der Waals surface area contributed by atoms with Crippen molar-refractivity contribution < 1.29 is 0 Å². The Morgan fingerprint density at radius 1 is 1.38 bits per heavy atom. The van der Waals surface area contributed by atoms with E-state index in [0.717, 1.165) is 36.1 Å². The number of hydrogen-bond donors (Lipinski definition) is 1. The van der Waals surface area contributed by atoms with E-state index in [2.05, 4.69) is 46.9 Å². The highest BCUT2D eigenvalue weighted by Crippen LogP contribution is 2.34. The normalized spacial score (nSPS) is 19.2. The molecule has 1 saturated heterocycles. The standard InChI is InChI=1S/C15H22N4S2/c1-4-10-8-12-13(17-15(16-3)18-14(12)21-10)19-6-7-20-11(5-2)9-19/h8,11H,4-7,9H2,1-3H3,(H,16,17,18). The monoisotopic (exact) mass is 322 g/mol. The molecular formula is C15H22N4S2. The topological polar surface area (TPSA) is 41.1 Å². The molecule has 0 amide bonds. The summed E-state index contributed by atoms with van der Waals surface area (Å²) in [5.74, 6) is 3.02. The van der Waals surface area contributed by atoms with Gasteiger partial charge in [-0.1, -0.05) is 13.8 Å². The number of nitrogens with zero attached hydrogens (tertiary/aromatic N) is 3. The van der Waals surface area contributed by atoms with Crippen molar-refractivity contribution in [2.45, 2.75) is 31.9 Å². The summed E-state index contributed by atoms with van der Waals surface area (Å²) in [4.78, 5) is 14.3. The molecular weight excluding hydrogens is 300 g/mol. The van der Waals surface area contributed by atoms with Crippen LogP contribution in [-0.4, -0.2) is 41.1 Å². The maximum Gasteiger partial charge on any atom is 0.225 e. The predicted molar refractivity (Wildman–Crippen MR) is 95.1 cm³/mol. The van der Waals surface area contributed by atoms with Crippen LogP contribution in [0.15, 0.2) is 6.07 Å². The highest BCUT2D eigenvalue weighted by Gasteiger charge is 2.23. The molecule has 1 aliphatic heterocycles. The van der Waals surface area contributed by atoms with E-state index >= 15 is 0 Å². The second kappa shape index (κ2) is 6.40. The number of anilines is 2. The molecule has 3 rings (SSSR count). The molecule has 114 valence electrons. The van der Waals surface area contributed by atoms with Gasteiger partial charge >= 0.3 is 0 Å². The highest BCUT2D eigenvalue weighted by molar-refractivity contribution is 8.00. The van der Waals surface area contributed by atoms with Crippen molar-refractivity contribution in [3.8, 4) is 0 Å². The fourth-order valence-electron chi connectivity index (χ4n) is 2.64. The van der Waals surface area contributed by atoms with Crippen molar-refractivity contribution in [1.29, 1.82) is 0 Å².